The highest BCUT2D eigenvalue weighted by Gasteiger charge is 2.21. The SMILES string of the molecule is CC1CNCC(NC(=O)NC(C)(C)C)C1. The number of carbonyl (C=O) groups excluding carboxylic acids is 1. The van der Waals surface area contributed by atoms with Crippen LogP contribution in [0.3, 0.4) is 0 Å². The standard InChI is InChI=1S/C11H23N3O/c1-8-5-9(7-12-6-8)13-10(15)14-11(2,3)4/h8-9,12H,5-7H2,1-4H3,(H2,13,14,15). The van der Waals surface area contributed by atoms with Crippen LogP contribution < -0.4 is 16.0 Å². The number of hydrogen-bond donors (Lipinski definition) is 3. The molecule has 0 saturated carbocycles. The Labute approximate surface area is 92.2 Å². The highest BCUT2D eigenvalue weighted by Crippen LogP contribution is 2.09. The fourth-order valence-corrected chi connectivity index (χ4v) is 1.83. The molecule has 2 unspecified atom stereocenters. The molecule has 15 heavy (non-hydrogen) atoms. The van der Waals surface area contributed by atoms with Crippen LogP contribution in [0.5, 0.6) is 0 Å². The molecule has 2 amide bonds. The quantitative estimate of drug-likeness (QED) is 0.610. The summed E-state index contributed by atoms with van der Waals surface area (Å²) in [6, 6.07) is 0.194. The van der Waals surface area contributed by atoms with Gasteiger partial charge in [0, 0.05) is 18.1 Å². The van der Waals surface area contributed by atoms with Gasteiger partial charge < -0.3 is 16.0 Å². The van der Waals surface area contributed by atoms with Crippen LogP contribution in [0.2, 0.25) is 0 Å². The Bertz CT molecular complexity index is 222. The van der Waals surface area contributed by atoms with Gasteiger partial charge in [0.1, 0.15) is 0 Å². The van der Waals surface area contributed by atoms with Crippen molar-refractivity contribution in [3.8, 4) is 0 Å². The Balaban J connectivity index is 2.31. The minimum Gasteiger partial charge on any atom is -0.334 e. The van der Waals surface area contributed by atoms with Crippen molar-refractivity contribution in [2.75, 3.05) is 13.1 Å². The molecular formula is C11H23N3O. The second-order valence-corrected chi connectivity index (χ2v) is 5.54. The molecule has 1 fully saturated rings. The Morgan fingerprint density at radius 1 is 1.33 bits per heavy atom. The van der Waals surface area contributed by atoms with E-state index in [1.165, 1.54) is 0 Å². The summed E-state index contributed by atoms with van der Waals surface area (Å²) in [5.41, 5.74) is -0.169. The number of piperidine rings is 1. The van der Waals surface area contributed by atoms with Gasteiger partial charge in [-0.2, -0.15) is 0 Å². The van der Waals surface area contributed by atoms with Crippen LogP contribution in [-0.2, 0) is 0 Å². The molecule has 1 heterocycles. The summed E-state index contributed by atoms with van der Waals surface area (Å²) in [7, 11) is 0. The number of rotatable bonds is 1. The summed E-state index contributed by atoms with van der Waals surface area (Å²) in [6.07, 6.45) is 1.06. The largest absolute Gasteiger partial charge is 0.334 e. The van der Waals surface area contributed by atoms with Crippen LogP contribution in [0.4, 0.5) is 4.79 Å². The van der Waals surface area contributed by atoms with E-state index in [2.05, 4.69) is 22.9 Å². The summed E-state index contributed by atoms with van der Waals surface area (Å²) >= 11 is 0. The summed E-state index contributed by atoms with van der Waals surface area (Å²) in [6.45, 7) is 10.1. The molecule has 0 aromatic carbocycles. The minimum absolute atomic E-state index is 0.0663. The summed E-state index contributed by atoms with van der Waals surface area (Å²) in [4.78, 5) is 11.6. The maximum absolute atomic E-state index is 11.6. The molecule has 88 valence electrons. The van der Waals surface area contributed by atoms with Crippen LogP contribution in [0.25, 0.3) is 0 Å². The first kappa shape index (κ1) is 12.3. The predicted molar refractivity (Wildman–Crippen MR) is 61.9 cm³/mol. The lowest BCUT2D eigenvalue weighted by Crippen LogP contribution is -2.54. The molecule has 4 nitrogen and oxygen atoms in total. The molecule has 0 spiro atoms. The molecule has 0 bridgehead atoms. The van der Waals surface area contributed by atoms with Gasteiger partial charge in [0.05, 0.1) is 0 Å². The van der Waals surface area contributed by atoms with Crippen molar-refractivity contribution in [3.05, 3.63) is 0 Å². The lowest BCUT2D eigenvalue weighted by Gasteiger charge is -2.30. The zero-order valence-electron chi connectivity index (χ0n) is 10.2. The van der Waals surface area contributed by atoms with Gasteiger partial charge in [-0.25, -0.2) is 4.79 Å². The van der Waals surface area contributed by atoms with Crippen molar-refractivity contribution in [2.45, 2.75) is 45.7 Å². The summed E-state index contributed by atoms with van der Waals surface area (Å²) < 4.78 is 0. The molecular weight excluding hydrogens is 190 g/mol. The monoisotopic (exact) mass is 213 g/mol. The zero-order chi connectivity index (χ0) is 11.5. The Morgan fingerprint density at radius 2 is 2.00 bits per heavy atom. The van der Waals surface area contributed by atoms with Crippen molar-refractivity contribution in [3.63, 3.8) is 0 Å². The average molecular weight is 213 g/mol. The van der Waals surface area contributed by atoms with Gasteiger partial charge in [-0.3, -0.25) is 0 Å². The van der Waals surface area contributed by atoms with Gasteiger partial charge in [-0.1, -0.05) is 6.92 Å². The normalized spacial score (nSPS) is 27.2. The first-order valence-corrected chi connectivity index (χ1v) is 5.66. The van der Waals surface area contributed by atoms with Gasteiger partial charge in [-0.15, -0.1) is 0 Å². The molecule has 4 heteroatoms. The van der Waals surface area contributed by atoms with E-state index in [1.54, 1.807) is 0 Å². The molecule has 0 aromatic rings. The second-order valence-electron chi connectivity index (χ2n) is 5.54. The van der Waals surface area contributed by atoms with E-state index in [1.807, 2.05) is 20.8 Å². The van der Waals surface area contributed by atoms with E-state index < -0.39 is 0 Å². The third kappa shape index (κ3) is 5.02. The Hall–Kier alpha value is -0.770. The van der Waals surface area contributed by atoms with Gasteiger partial charge in [0.25, 0.3) is 0 Å². The van der Waals surface area contributed by atoms with Crippen molar-refractivity contribution >= 4 is 6.03 Å². The van der Waals surface area contributed by atoms with Gasteiger partial charge in [0.15, 0.2) is 0 Å². The van der Waals surface area contributed by atoms with E-state index in [4.69, 9.17) is 0 Å². The van der Waals surface area contributed by atoms with Crippen molar-refractivity contribution in [1.29, 1.82) is 0 Å². The van der Waals surface area contributed by atoms with Crippen molar-refractivity contribution < 1.29 is 4.79 Å². The molecule has 1 aliphatic heterocycles. The van der Waals surface area contributed by atoms with Crippen LogP contribution in [-0.4, -0.2) is 30.7 Å². The van der Waals surface area contributed by atoms with E-state index in [0.29, 0.717) is 5.92 Å². The van der Waals surface area contributed by atoms with Crippen molar-refractivity contribution in [2.24, 2.45) is 5.92 Å². The first-order chi connectivity index (χ1) is 6.87. The Morgan fingerprint density at radius 3 is 2.53 bits per heavy atom. The first-order valence-electron chi connectivity index (χ1n) is 5.66. The lowest BCUT2D eigenvalue weighted by molar-refractivity contribution is 0.221. The van der Waals surface area contributed by atoms with E-state index in [9.17, 15) is 4.79 Å². The zero-order valence-corrected chi connectivity index (χ0v) is 10.2. The maximum atomic E-state index is 11.6. The van der Waals surface area contributed by atoms with Crippen molar-refractivity contribution in [1.82, 2.24) is 16.0 Å². The number of amides is 2. The topological polar surface area (TPSA) is 53.2 Å². The Kier molecular flexibility index (Phi) is 3.97. The van der Waals surface area contributed by atoms with Crippen LogP contribution in [0.1, 0.15) is 34.1 Å². The minimum atomic E-state index is -0.169. The lowest BCUT2D eigenvalue weighted by atomic mass is 9.98. The smallest absolute Gasteiger partial charge is 0.315 e. The molecule has 0 aliphatic carbocycles. The number of hydrogen-bond acceptors (Lipinski definition) is 2. The fourth-order valence-electron chi connectivity index (χ4n) is 1.83. The predicted octanol–water partition coefficient (Wildman–Crippen LogP) is 1.08. The number of nitrogens with one attached hydrogen (secondary N) is 3. The van der Waals surface area contributed by atoms with Gasteiger partial charge >= 0.3 is 6.03 Å². The number of carbonyl (C=O) groups is 1. The van der Waals surface area contributed by atoms with E-state index >= 15 is 0 Å². The van der Waals surface area contributed by atoms with Gasteiger partial charge in [-0.05, 0) is 39.7 Å². The van der Waals surface area contributed by atoms with Gasteiger partial charge in [0.2, 0.25) is 0 Å². The highest BCUT2D eigenvalue weighted by atomic mass is 16.2. The molecule has 0 radical (unpaired) electrons. The second kappa shape index (κ2) is 4.84. The van der Waals surface area contributed by atoms with E-state index in [0.717, 1.165) is 19.5 Å². The maximum Gasteiger partial charge on any atom is 0.315 e. The van der Waals surface area contributed by atoms with Crippen LogP contribution in [0, 0.1) is 5.92 Å². The highest BCUT2D eigenvalue weighted by molar-refractivity contribution is 5.75. The summed E-state index contributed by atoms with van der Waals surface area (Å²) in [5.74, 6) is 0.638. The number of urea groups is 1. The molecule has 1 aliphatic rings. The molecule has 1 saturated heterocycles. The summed E-state index contributed by atoms with van der Waals surface area (Å²) in [5, 5.41) is 9.21. The third-order valence-corrected chi connectivity index (χ3v) is 2.39. The van der Waals surface area contributed by atoms with Crippen LogP contribution in [0.15, 0.2) is 0 Å². The molecule has 3 N–H and O–H groups in total. The average Bonchev–Trinajstić information content (AvgIpc) is 1.99. The third-order valence-electron chi connectivity index (χ3n) is 2.39. The molecule has 2 atom stereocenters. The fraction of sp³-hybridized carbons (Fsp3) is 0.909. The van der Waals surface area contributed by atoms with Crippen LogP contribution >= 0.6 is 0 Å². The molecule has 1 rings (SSSR count). The van der Waals surface area contributed by atoms with E-state index in [-0.39, 0.29) is 17.6 Å². The molecule has 0 aromatic heterocycles.